The first kappa shape index (κ1) is 12.2. The molecule has 0 aromatic carbocycles. The number of hydrogen-bond donors (Lipinski definition) is 3. The summed E-state index contributed by atoms with van der Waals surface area (Å²) in [6, 6.07) is 1.65. The third-order valence-electron chi connectivity index (χ3n) is 2.09. The number of primary amides is 1. The monoisotopic (exact) mass is 266 g/mol. The molecule has 0 fully saturated rings. The van der Waals surface area contributed by atoms with Crippen LogP contribution in [0.15, 0.2) is 24.7 Å². The molecule has 0 bridgehead atoms. The van der Waals surface area contributed by atoms with Gasteiger partial charge in [-0.1, -0.05) is 0 Å². The van der Waals surface area contributed by atoms with Crippen LogP contribution in [0.2, 0.25) is 0 Å². The minimum absolute atomic E-state index is 0.101. The quantitative estimate of drug-likeness (QED) is 0.671. The molecule has 2 rings (SSSR count). The third kappa shape index (κ3) is 2.50. The lowest BCUT2D eigenvalue weighted by molar-refractivity contribution is 0.0996. The number of aromatic nitrogens is 3. The van der Waals surface area contributed by atoms with Crippen LogP contribution in [-0.4, -0.2) is 25.2 Å². The average molecular weight is 266 g/mol. The van der Waals surface area contributed by atoms with E-state index in [-0.39, 0.29) is 5.69 Å². The molecule has 9 heteroatoms. The Morgan fingerprint density at radius 1 is 1.61 bits per heavy atom. The van der Waals surface area contributed by atoms with Crippen LogP contribution in [0, 0.1) is 0 Å². The summed E-state index contributed by atoms with van der Waals surface area (Å²) in [6.07, 6.45) is 5.82. The number of imidazole rings is 1. The topological polar surface area (TPSA) is 123 Å². The molecule has 2 aromatic heterocycles. The van der Waals surface area contributed by atoms with Gasteiger partial charge in [0, 0.05) is 18.6 Å². The average Bonchev–Trinajstić information content (AvgIpc) is 2.73. The van der Waals surface area contributed by atoms with E-state index in [1.807, 2.05) is 0 Å². The van der Waals surface area contributed by atoms with Crippen LogP contribution in [0.3, 0.4) is 0 Å². The Labute approximate surface area is 102 Å². The fourth-order valence-electron chi connectivity index (χ4n) is 1.35. The Balaban J connectivity index is 2.41. The molecule has 92 valence electrons. The molecule has 18 heavy (non-hydrogen) atoms. The molecular weight excluding hydrogens is 257 g/mol. The summed E-state index contributed by atoms with van der Waals surface area (Å²) in [5.41, 5.74) is 5.85. The van der Waals surface area contributed by atoms with Crippen molar-refractivity contribution in [3.8, 4) is 0 Å². The van der Waals surface area contributed by atoms with Crippen molar-refractivity contribution in [2.24, 2.45) is 5.73 Å². The van der Waals surface area contributed by atoms with E-state index in [1.165, 1.54) is 18.6 Å². The molecule has 0 aliphatic heterocycles. The molecule has 0 aliphatic rings. The lowest BCUT2D eigenvalue weighted by Crippen LogP contribution is -2.10. The van der Waals surface area contributed by atoms with E-state index in [0.717, 1.165) is 0 Å². The van der Waals surface area contributed by atoms with Gasteiger partial charge in [0.05, 0.1) is 5.69 Å². The van der Waals surface area contributed by atoms with Gasteiger partial charge in [-0.25, -0.2) is 9.97 Å². The standard InChI is InChI=1S/C9H8N5O3P/c10-8(15)7-5-14-6(2-4-12-18(16)17)1-3-11-9(14)13-7/h1-5H,(H3-,10,11,12,13,15,16,17)/p+1. The largest absolute Gasteiger partial charge is 0.639 e. The van der Waals surface area contributed by atoms with Crippen LogP contribution in [0.5, 0.6) is 0 Å². The summed E-state index contributed by atoms with van der Waals surface area (Å²) >= 11 is 0. The Hall–Kier alpha value is -2.31. The highest BCUT2D eigenvalue weighted by atomic mass is 31.1. The summed E-state index contributed by atoms with van der Waals surface area (Å²) in [6.45, 7) is 0. The van der Waals surface area contributed by atoms with Gasteiger partial charge in [-0.2, -0.15) is 5.09 Å². The van der Waals surface area contributed by atoms with Crippen LogP contribution < -0.4 is 10.8 Å². The summed E-state index contributed by atoms with van der Waals surface area (Å²) in [5, 5.41) is 2.23. The second-order valence-electron chi connectivity index (χ2n) is 3.27. The first-order valence-electron chi connectivity index (χ1n) is 4.80. The number of nitrogens with two attached hydrogens (primary N) is 1. The minimum Gasteiger partial charge on any atom is -0.364 e. The van der Waals surface area contributed by atoms with Gasteiger partial charge < -0.3 is 5.73 Å². The molecule has 4 N–H and O–H groups in total. The van der Waals surface area contributed by atoms with Crippen LogP contribution in [0.4, 0.5) is 0 Å². The first-order valence-corrected chi connectivity index (χ1v) is 6.02. The van der Waals surface area contributed by atoms with Gasteiger partial charge in [0.2, 0.25) is 5.78 Å². The van der Waals surface area contributed by atoms with Crippen LogP contribution >= 0.6 is 8.18 Å². The van der Waals surface area contributed by atoms with Gasteiger partial charge in [0.1, 0.15) is 5.69 Å². The van der Waals surface area contributed by atoms with Crippen molar-refractivity contribution in [1.82, 2.24) is 19.5 Å². The zero-order valence-electron chi connectivity index (χ0n) is 9.02. The van der Waals surface area contributed by atoms with Gasteiger partial charge in [-0.3, -0.25) is 9.20 Å². The Kier molecular flexibility index (Phi) is 3.31. The van der Waals surface area contributed by atoms with Gasteiger partial charge in [0.15, 0.2) is 0 Å². The summed E-state index contributed by atoms with van der Waals surface area (Å²) in [5.74, 6) is -0.327. The molecule has 1 atom stereocenters. The van der Waals surface area contributed by atoms with Crippen molar-refractivity contribution in [3.05, 3.63) is 36.0 Å². The predicted molar refractivity (Wildman–Crippen MR) is 63.5 cm³/mol. The van der Waals surface area contributed by atoms with Gasteiger partial charge in [0.25, 0.3) is 5.91 Å². The first-order chi connectivity index (χ1) is 8.58. The summed E-state index contributed by atoms with van der Waals surface area (Å²) in [7, 11) is -2.45. The summed E-state index contributed by atoms with van der Waals surface area (Å²) < 4.78 is 12.0. The maximum atomic E-state index is 11.0. The van der Waals surface area contributed by atoms with Gasteiger partial charge in [-0.15, -0.1) is 4.89 Å². The Morgan fingerprint density at radius 2 is 2.39 bits per heavy atom. The van der Waals surface area contributed by atoms with Crippen LogP contribution in [0.1, 0.15) is 16.2 Å². The van der Waals surface area contributed by atoms with E-state index in [4.69, 9.17) is 10.6 Å². The number of carbonyl (C=O) groups is 1. The Bertz CT molecular complexity index is 651. The second kappa shape index (κ2) is 4.91. The highest BCUT2D eigenvalue weighted by molar-refractivity contribution is 7.35. The minimum atomic E-state index is -2.45. The number of rotatable bonds is 4. The third-order valence-corrected chi connectivity index (χ3v) is 2.46. The normalized spacial score (nSPS) is 11.9. The fourth-order valence-corrected chi connectivity index (χ4v) is 1.56. The molecule has 0 aliphatic carbocycles. The second-order valence-corrected chi connectivity index (χ2v) is 4.07. The van der Waals surface area contributed by atoms with Crippen LogP contribution in [-0.2, 0) is 4.57 Å². The molecule has 0 saturated carbocycles. The van der Waals surface area contributed by atoms with Crippen molar-refractivity contribution in [3.63, 3.8) is 0 Å². The smallest absolute Gasteiger partial charge is 0.364 e. The molecular formula is C9H9N5O3P+. The SMILES string of the molecule is NC(=O)c1cn2c(/C=C/N[P+](=O)O)ccnc2n1. The summed E-state index contributed by atoms with van der Waals surface area (Å²) in [4.78, 5) is 27.5. The highest BCUT2D eigenvalue weighted by Gasteiger charge is 2.09. The molecule has 2 aromatic rings. The zero-order valence-corrected chi connectivity index (χ0v) is 9.91. The molecule has 0 saturated heterocycles. The van der Waals surface area contributed by atoms with Gasteiger partial charge >= 0.3 is 8.18 Å². The van der Waals surface area contributed by atoms with E-state index in [1.54, 1.807) is 16.5 Å². The maximum absolute atomic E-state index is 11.0. The molecule has 1 unspecified atom stereocenters. The van der Waals surface area contributed by atoms with E-state index in [2.05, 4.69) is 15.1 Å². The number of fused-ring (bicyclic) bond motifs is 1. The van der Waals surface area contributed by atoms with Crippen molar-refractivity contribution >= 4 is 25.9 Å². The molecule has 2 heterocycles. The highest BCUT2D eigenvalue weighted by Crippen LogP contribution is 2.09. The number of carbonyl (C=O) groups excluding carboxylic acids is 1. The number of hydrogen-bond acceptors (Lipinski definition) is 4. The Morgan fingerprint density at radius 3 is 3.06 bits per heavy atom. The van der Waals surface area contributed by atoms with Gasteiger partial charge in [-0.05, 0) is 16.7 Å². The fraction of sp³-hybridized carbons (Fsp3) is 0. The molecule has 1 amide bonds. The van der Waals surface area contributed by atoms with Crippen molar-refractivity contribution in [2.75, 3.05) is 0 Å². The molecule has 0 radical (unpaired) electrons. The number of amides is 1. The number of nitrogens with one attached hydrogen (secondary N) is 1. The lowest BCUT2D eigenvalue weighted by atomic mass is 10.4. The molecule has 8 nitrogen and oxygen atoms in total. The van der Waals surface area contributed by atoms with E-state index >= 15 is 0 Å². The van der Waals surface area contributed by atoms with Crippen LogP contribution in [0.25, 0.3) is 11.9 Å². The predicted octanol–water partition coefficient (Wildman–Crippen LogP) is 0.0382. The van der Waals surface area contributed by atoms with Crippen molar-refractivity contribution < 1.29 is 14.3 Å². The maximum Gasteiger partial charge on any atom is 0.639 e. The van der Waals surface area contributed by atoms with E-state index < -0.39 is 14.1 Å². The van der Waals surface area contributed by atoms with E-state index in [0.29, 0.717) is 11.5 Å². The van der Waals surface area contributed by atoms with Crippen molar-refractivity contribution in [1.29, 1.82) is 0 Å². The van der Waals surface area contributed by atoms with E-state index in [9.17, 15) is 9.36 Å². The molecule has 0 spiro atoms. The lowest BCUT2D eigenvalue weighted by Gasteiger charge is -1.96. The van der Waals surface area contributed by atoms with Crippen molar-refractivity contribution in [2.45, 2.75) is 0 Å². The number of nitrogens with zero attached hydrogens (tertiary/aromatic N) is 3. The zero-order chi connectivity index (χ0) is 13.1.